The third-order valence-corrected chi connectivity index (χ3v) is 4.22. The van der Waals surface area contributed by atoms with Crippen LogP contribution in [0.25, 0.3) is 0 Å². The fourth-order valence-electron chi connectivity index (χ4n) is 3.11. The van der Waals surface area contributed by atoms with Crippen LogP contribution in [0, 0.1) is 6.92 Å². The molecule has 0 aromatic heterocycles. The Morgan fingerprint density at radius 1 is 1.24 bits per heavy atom. The molecule has 0 aliphatic heterocycles. The molecule has 2 rings (SSSR count). The van der Waals surface area contributed by atoms with Gasteiger partial charge in [0.25, 0.3) is 0 Å². The summed E-state index contributed by atoms with van der Waals surface area (Å²) in [6, 6.07) is 6.37. The van der Waals surface area contributed by atoms with Gasteiger partial charge >= 0.3 is 0 Å². The molecule has 0 saturated heterocycles. The van der Waals surface area contributed by atoms with Crippen molar-refractivity contribution in [3.05, 3.63) is 29.3 Å². The van der Waals surface area contributed by atoms with Crippen LogP contribution in [0.15, 0.2) is 18.2 Å². The van der Waals surface area contributed by atoms with Gasteiger partial charge in [0.2, 0.25) is 0 Å². The molecule has 1 aromatic carbocycles. The lowest BCUT2D eigenvalue weighted by molar-refractivity contribution is 0.298. The normalized spacial score (nSPS) is 19.0. The molecular formula is C15H23NO. The van der Waals surface area contributed by atoms with Gasteiger partial charge in [-0.25, -0.2) is 0 Å². The van der Waals surface area contributed by atoms with E-state index in [2.05, 4.69) is 19.1 Å². The molecule has 2 N–H and O–H groups in total. The highest BCUT2D eigenvalue weighted by molar-refractivity contribution is 5.40. The summed E-state index contributed by atoms with van der Waals surface area (Å²) in [5, 5.41) is 0. The third-order valence-electron chi connectivity index (χ3n) is 4.22. The number of hydrogen-bond acceptors (Lipinski definition) is 2. The van der Waals surface area contributed by atoms with Gasteiger partial charge in [-0.1, -0.05) is 25.3 Å². The molecular weight excluding hydrogens is 210 g/mol. The molecule has 2 heteroatoms. The van der Waals surface area contributed by atoms with Gasteiger partial charge in [-0.3, -0.25) is 0 Å². The molecule has 1 aliphatic rings. The van der Waals surface area contributed by atoms with E-state index in [0.717, 1.165) is 12.3 Å². The molecule has 0 atom stereocenters. The molecule has 1 aromatic rings. The first-order chi connectivity index (χ1) is 8.22. The monoisotopic (exact) mass is 233 g/mol. The smallest absolute Gasteiger partial charge is 0.119 e. The van der Waals surface area contributed by atoms with Gasteiger partial charge in [-0.2, -0.15) is 0 Å². The maximum absolute atomic E-state index is 6.09. The topological polar surface area (TPSA) is 35.2 Å². The first-order valence-electron chi connectivity index (χ1n) is 6.57. The lowest BCUT2D eigenvalue weighted by atomic mass is 9.68. The molecule has 94 valence electrons. The van der Waals surface area contributed by atoms with Crippen LogP contribution in [0.2, 0.25) is 0 Å². The number of nitrogens with two attached hydrogens (primary N) is 1. The van der Waals surface area contributed by atoms with Gasteiger partial charge in [-0.15, -0.1) is 0 Å². The van der Waals surface area contributed by atoms with Gasteiger partial charge in [0, 0.05) is 12.0 Å². The standard InChI is InChI=1S/C15H23NO/c1-12-6-7-13(17-2)10-14(12)15(11-16)8-4-3-5-9-15/h6-7,10H,3-5,8-9,11,16H2,1-2H3. The van der Waals surface area contributed by atoms with E-state index in [0.29, 0.717) is 0 Å². The lowest BCUT2D eigenvalue weighted by Gasteiger charge is -2.38. The summed E-state index contributed by atoms with van der Waals surface area (Å²) in [7, 11) is 1.73. The third kappa shape index (κ3) is 2.32. The summed E-state index contributed by atoms with van der Waals surface area (Å²) >= 11 is 0. The minimum atomic E-state index is 0.191. The highest BCUT2D eigenvalue weighted by Crippen LogP contribution is 2.41. The van der Waals surface area contributed by atoms with Crippen molar-refractivity contribution in [3.63, 3.8) is 0 Å². The van der Waals surface area contributed by atoms with Crippen molar-refractivity contribution in [1.82, 2.24) is 0 Å². The van der Waals surface area contributed by atoms with Crippen molar-refractivity contribution in [3.8, 4) is 5.75 Å². The van der Waals surface area contributed by atoms with Crippen molar-refractivity contribution in [2.75, 3.05) is 13.7 Å². The second-order valence-electron chi connectivity index (χ2n) is 5.23. The summed E-state index contributed by atoms with van der Waals surface area (Å²) in [5.74, 6) is 0.948. The van der Waals surface area contributed by atoms with E-state index >= 15 is 0 Å². The largest absolute Gasteiger partial charge is 0.497 e. The Morgan fingerprint density at radius 3 is 2.53 bits per heavy atom. The molecule has 17 heavy (non-hydrogen) atoms. The minimum absolute atomic E-state index is 0.191. The zero-order chi connectivity index (χ0) is 12.3. The molecule has 0 unspecified atom stereocenters. The van der Waals surface area contributed by atoms with Gasteiger partial charge in [0.15, 0.2) is 0 Å². The quantitative estimate of drug-likeness (QED) is 0.870. The first kappa shape index (κ1) is 12.4. The molecule has 1 fully saturated rings. The highest BCUT2D eigenvalue weighted by atomic mass is 16.5. The van der Waals surface area contributed by atoms with E-state index in [1.54, 1.807) is 7.11 Å². The van der Waals surface area contributed by atoms with E-state index in [9.17, 15) is 0 Å². The molecule has 0 heterocycles. The number of rotatable bonds is 3. The first-order valence-corrected chi connectivity index (χ1v) is 6.57. The number of aryl methyl sites for hydroxylation is 1. The van der Waals surface area contributed by atoms with Gasteiger partial charge < -0.3 is 10.5 Å². The van der Waals surface area contributed by atoms with E-state index in [1.165, 1.54) is 43.2 Å². The number of methoxy groups -OCH3 is 1. The second-order valence-corrected chi connectivity index (χ2v) is 5.23. The number of ether oxygens (including phenoxy) is 1. The molecule has 1 aliphatic carbocycles. The average molecular weight is 233 g/mol. The van der Waals surface area contributed by atoms with Crippen LogP contribution >= 0.6 is 0 Å². The summed E-state index contributed by atoms with van der Waals surface area (Å²) < 4.78 is 5.35. The average Bonchev–Trinajstić information content (AvgIpc) is 2.40. The fourth-order valence-corrected chi connectivity index (χ4v) is 3.11. The van der Waals surface area contributed by atoms with Crippen molar-refractivity contribution >= 4 is 0 Å². The van der Waals surface area contributed by atoms with Crippen LogP contribution in [0.4, 0.5) is 0 Å². The van der Waals surface area contributed by atoms with E-state index in [-0.39, 0.29) is 5.41 Å². The van der Waals surface area contributed by atoms with Crippen molar-refractivity contribution in [2.45, 2.75) is 44.4 Å². The molecule has 0 bridgehead atoms. The Morgan fingerprint density at radius 2 is 1.94 bits per heavy atom. The SMILES string of the molecule is COc1ccc(C)c(C2(CN)CCCCC2)c1. The van der Waals surface area contributed by atoms with Gasteiger partial charge in [-0.05, 0) is 43.0 Å². The fraction of sp³-hybridized carbons (Fsp3) is 0.600. The van der Waals surface area contributed by atoms with E-state index in [1.807, 2.05) is 6.07 Å². The summed E-state index contributed by atoms with van der Waals surface area (Å²) in [6.45, 7) is 2.93. The van der Waals surface area contributed by atoms with E-state index < -0.39 is 0 Å². The van der Waals surface area contributed by atoms with Crippen LogP contribution < -0.4 is 10.5 Å². The van der Waals surface area contributed by atoms with Crippen LogP contribution in [0.1, 0.15) is 43.2 Å². The molecule has 0 radical (unpaired) electrons. The second kappa shape index (κ2) is 5.09. The predicted octanol–water partition coefficient (Wildman–Crippen LogP) is 3.16. The van der Waals surface area contributed by atoms with Gasteiger partial charge in [0.1, 0.15) is 5.75 Å². The van der Waals surface area contributed by atoms with Crippen molar-refractivity contribution in [2.24, 2.45) is 5.73 Å². The molecule has 2 nitrogen and oxygen atoms in total. The predicted molar refractivity (Wildman–Crippen MR) is 71.5 cm³/mol. The van der Waals surface area contributed by atoms with Crippen molar-refractivity contribution < 1.29 is 4.74 Å². The van der Waals surface area contributed by atoms with Crippen molar-refractivity contribution in [1.29, 1.82) is 0 Å². The molecule has 0 amide bonds. The zero-order valence-electron chi connectivity index (χ0n) is 11.0. The van der Waals surface area contributed by atoms with Crippen LogP contribution in [0.3, 0.4) is 0 Å². The molecule has 1 saturated carbocycles. The number of hydrogen-bond donors (Lipinski definition) is 1. The number of benzene rings is 1. The van der Waals surface area contributed by atoms with Crippen LogP contribution in [0.5, 0.6) is 5.75 Å². The Balaban J connectivity index is 2.41. The Bertz CT molecular complexity index is 381. The Labute approximate surface area is 104 Å². The highest BCUT2D eigenvalue weighted by Gasteiger charge is 2.33. The van der Waals surface area contributed by atoms with E-state index in [4.69, 9.17) is 10.5 Å². The Hall–Kier alpha value is -1.02. The van der Waals surface area contributed by atoms with Crippen LogP contribution in [-0.4, -0.2) is 13.7 Å². The summed E-state index contributed by atoms with van der Waals surface area (Å²) in [4.78, 5) is 0. The lowest BCUT2D eigenvalue weighted by Crippen LogP contribution is -2.37. The van der Waals surface area contributed by atoms with Gasteiger partial charge in [0.05, 0.1) is 7.11 Å². The Kier molecular flexibility index (Phi) is 3.72. The zero-order valence-corrected chi connectivity index (χ0v) is 11.0. The minimum Gasteiger partial charge on any atom is -0.497 e. The summed E-state index contributed by atoms with van der Waals surface area (Å²) in [5.41, 5.74) is 9.03. The summed E-state index contributed by atoms with van der Waals surface area (Å²) in [6.07, 6.45) is 6.39. The maximum Gasteiger partial charge on any atom is 0.119 e. The maximum atomic E-state index is 6.09. The molecule has 0 spiro atoms. The van der Waals surface area contributed by atoms with Crippen LogP contribution in [-0.2, 0) is 5.41 Å².